The molecule has 120 valence electrons. The zero-order chi connectivity index (χ0) is 15.1. The molecule has 0 bridgehead atoms. The van der Waals surface area contributed by atoms with E-state index < -0.39 is 11.5 Å². The number of carboxylic acids is 1. The van der Waals surface area contributed by atoms with E-state index in [1.807, 2.05) is 0 Å². The molecule has 2 saturated carbocycles. The van der Waals surface area contributed by atoms with Crippen LogP contribution in [0.25, 0.3) is 0 Å². The Labute approximate surface area is 127 Å². The Balaban J connectivity index is 1.92. The molecule has 0 radical (unpaired) electrons. The van der Waals surface area contributed by atoms with Gasteiger partial charge in [-0.15, -0.1) is 0 Å². The van der Waals surface area contributed by atoms with Crippen LogP contribution in [-0.2, 0) is 9.59 Å². The van der Waals surface area contributed by atoms with Crippen molar-refractivity contribution in [3.05, 3.63) is 0 Å². The predicted octanol–water partition coefficient (Wildman–Crippen LogP) is 3.64. The van der Waals surface area contributed by atoms with E-state index in [1.165, 1.54) is 25.7 Å². The number of carboxylic acid groups (broad SMARTS) is 1. The van der Waals surface area contributed by atoms with Crippen LogP contribution in [0.2, 0.25) is 0 Å². The highest BCUT2D eigenvalue weighted by atomic mass is 16.4. The molecule has 0 aliphatic heterocycles. The minimum Gasteiger partial charge on any atom is -0.480 e. The van der Waals surface area contributed by atoms with Gasteiger partial charge in [-0.3, -0.25) is 4.79 Å². The second-order valence-electron chi connectivity index (χ2n) is 6.91. The van der Waals surface area contributed by atoms with Crippen LogP contribution in [0.15, 0.2) is 0 Å². The van der Waals surface area contributed by atoms with Gasteiger partial charge in [-0.25, -0.2) is 4.79 Å². The summed E-state index contributed by atoms with van der Waals surface area (Å²) in [4.78, 5) is 24.0. The van der Waals surface area contributed by atoms with Crippen LogP contribution in [-0.4, -0.2) is 22.5 Å². The summed E-state index contributed by atoms with van der Waals surface area (Å²) < 4.78 is 0. The minimum absolute atomic E-state index is 0.0498. The van der Waals surface area contributed by atoms with Gasteiger partial charge in [-0.05, 0) is 31.6 Å². The molecule has 2 fully saturated rings. The molecule has 21 heavy (non-hydrogen) atoms. The summed E-state index contributed by atoms with van der Waals surface area (Å²) in [5.74, 6) is -0.450. The number of carbonyl (C=O) groups excluding carboxylic acids is 1. The van der Waals surface area contributed by atoms with Gasteiger partial charge in [0.2, 0.25) is 5.91 Å². The third-order valence-corrected chi connectivity index (χ3v) is 5.19. The molecule has 0 unspecified atom stereocenters. The van der Waals surface area contributed by atoms with Crippen molar-refractivity contribution < 1.29 is 14.7 Å². The number of carbonyl (C=O) groups is 2. The van der Waals surface area contributed by atoms with E-state index in [2.05, 4.69) is 5.32 Å². The number of amides is 1. The van der Waals surface area contributed by atoms with Crippen LogP contribution in [0.1, 0.15) is 83.5 Å². The quantitative estimate of drug-likeness (QED) is 0.778. The summed E-state index contributed by atoms with van der Waals surface area (Å²) in [5, 5.41) is 12.5. The number of hydrogen-bond acceptors (Lipinski definition) is 2. The Bertz CT molecular complexity index is 351. The molecule has 0 aromatic heterocycles. The average Bonchev–Trinajstić information content (AvgIpc) is 2.82. The van der Waals surface area contributed by atoms with Gasteiger partial charge in [0.15, 0.2) is 0 Å². The molecule has 0 spiro atoms. The van der Waals surface area contributed by atoms with Crippen molar-refractivity contribution in [3.63, 3.8) is 0 Å². The number of aliphatic carboxylic acids is 1. The Morgan fingerprint density at radius 3 is 1.95 bits per heavy atom. The molecule has 2 aliphatic carbocycles. The van der Waals surface area contributed by atoms with Gasteiger partial charge in [0.25, 0.3) is 0 Å². The third-order valence-electron chi connectivity index (χ3n) is 5.19. The van der Waals surface area contributed by atoms with Crippen LogP contribution in [0.5, 0.6) is 0 Å². The zero-order valence-electron chi connectivity index (χ0n) is 13.0. The van der Waals surface area contributed by atoms with E-state index in [0.29, 0.717) is 25.2 Å². The lowest BCUT2D eigenvalue weighted by atomic mass is 9.89. The van der Waals surface area contributed by atoms with Gasteiger partial charge in [-0.1, -0.05) is 51.4 Å². The maximum absolute atomic E-state index is 12.3. The number of rotatable bonds is 4. The molecule has 2 aliphatic rings. The second-order valence-corrected chi connectivity index (χ2v) is 6.91. The summed E-state index contributed by atoms with van der Waals surface area (Å²) in [6.07, 6.45) is 12.8. The Kier molecular flexibility index (Phi) is 6.07. The van der Waals surface area contributed by atoms with Crippen molar-refractivity contribution in [1.29, 1.82) is 0 Å². The molecule has 4 nitrogen and oxygen atoms in total. The first kappa shape index (κ1) is 16.3. The molecule has 2 N–H and O–H groups in total. The van der Waals surface area contributed by atoms with Crippen LogP contribution < -0.4 is 5.32 Å². The maximum atomic E-state index is 12.3. The van der Waals surface area contributed by atoms with Gasteiger partial charge in [0.05, 0.1) is 0 Å². The first-order valence-corrected chi connectivity index (χ1v) is 8.67. The smallest absolute Gasteiger partial charge is 0.329 e. The van der Waals surface area contributed by atoms with Crippen LogP contribution in [0, 0.1) is 5.92 Å². The lowest BCUT2D eigenvalue weighted by Crippen LogP contribution is -2.54. The molecule has 0 aromatic rings. The normalized spacial score (nSPS) is 23.8. The van der Waals surface area contributed by atoms with Gasteiger partial charge >= 0.3 is 5.97 Å². The maximum Gasteiger partial charge on any atom is 0.329 e. The highest BCUT2D eigenvalue weighted by Crippen LogP contribution is 2.29. The first-order chi connectivity index (χ1) is 10.1. The van der Waals surface area contributed by atoms with Crippen molar-refractivity contribution in [3.8, 4) is 0 Å². The van der Waals surface area contributed by atoms with Crippen LogP contribution in [0.4, 0.5) is 0 Å². The summed E-state index contributed by atoms with van der Waals surface area (Å²) in [5.41, 5.74) is -1.00. The van der Waals surface area contributed by atoms with E-state index in [0.717, 1.165) is 38.5 Å². The Morgan fingerprint density at radius 1 is 0.905 bits per heavy atom. The molecule has 0 aromatic carbocycles. The zero-order valence-corrected chi connectivity index (χ0v) is 13.0. The van der Waals surface area contributed by atoms with Crippen LogP contribution >= 0.6 is 0 Å². The molecule has 2 rings (SSSR count). The van der Waals surface area contributed by atoms with Crippen molar-refractivity contribution in [2.24, 2.45) is 5.92 Å². The lowest BCUT2D eigenvalue weighted by molar-refractivity contribution is -0.148. The average molecular weight is 295 g/mol. The summed E-state index contributed by atoms with van der Waals surface area (Å²) in [7, 11) is 0. The second kappa shape index (κ2) is 7.81. The van der Waals surface area contributed by atoms with Gasteiger partial charge in [-0.2, -0.15) is 0 Å². The largest absolute Gasteiger partial charge is 0.480 e. The fourth-order valence-electron chi connectivity index (χ4n) is 3.87. The van der Waals surface area contributed by atoms with E-state index >= 15 is 0 Å². The van der Waals surface area contributed by atoms with E-state index in [-0.39, 0.29) is 5.91 Å². The van der Waals surface area contributed by atoms with Gasteiger partial charge < -0.3 is 10.4 Å². The molecule has 0 saturated heterocycles. The highest BCUT2D eigenvalue weighted by Gasteiger charge is 2.40. The molecule has 1 amide bonds. The molecular weight excluding hydrogens is 266 g/mol. The standard InChI is InChI=1S/C17H29NO3/c19-15(13-14-9-5-1-2-6-10-14)18-17(16(20)21)11-7-3-4-8-12-17/h14H,1-13H2,(H,18,19)(H,20,21). The van der Waals surface area contributed by atoms with Crippen molar-refractivity contribution >= 4 is 11.9 Å². The van der Waals surface area contributed by atoms with E-state index in [9.17, 15) is 14.7 Å². The minimum atomic E-state index is -1.00. The molecular formula is C17H29NO3. The van der Waals surface area contributed by atoms with E-state index in [4.69, 9.17) is 0 Å². The van der Waals surface area contributed by atoms with Crippen molar-refractivity contribution in [1.82, 2.24) is 5.32 Å². The SMILES string of the molecule is O=C(CC1CCCCCC1)NC1(C(=O)O)CCCCCC1. The van der Waals surface area contributed by atoms with Crippen LogP contribution in [0.3, 0.4) is 0 Å². The van der Waals surface area contributed by atoms with Gasteiger partial charge in [0.1, 0.15) is 5.54 Å². The van der Waals surface area contributed by atoms with Crippen molar-refractivity contribution in [2.45, 2.75) is 89.0 Å². The third kappa shape index (κ3) is 4.72. The Morgan fingerprint density at radius 2 is 1.43 bits per heavy atom. The predicted molar refractivity (Wildman–Crippen MR) is 82.0 cm³/mol. The number of nitrogens with one attached hydrogen (secondary N) is 1. The molecule has 0 heterocycles. The fraction of sp³-hybridized carbons (Fsp3) is 0.882. The fourth-order valence-corrected chi connectivity index (χ4v) is 3.87. The first-order valence-electron chi connectivity index (χ1n) is 8.67. The summed E-state index contributed by atoms with van der Waals surface area (Å²) in [6.45, 7) is 0. The van der Waals surface area contributed by atoms with Crippen molar-refractivity contribution in [2.75, 3.05) is 0 Å². The van der Waals surface area contributed by atoms with Gasteiger partial charge in [0, 0.05) is 6.42 Å². The Hall–Kier alpha value is -1.06. The number of hydrogen-bond donors (Lipinski definition) is 2. The monoisotopic (exact) mass is 295 g/mol. The molecule has 0 atom stereocenters. The molecule has 4 heteroatoms. The summed E-state index contributed by atoms with van der Waals surface area (Å²) in [6, 6.07) is 0. The van der Waals surface area contributed by atoms with E-state index in [1.54, 1.807) is 0 Å². The lowest BCUT2D eigenvalue weighted by Gasteiger charge is -2.30. The highest BCUT2D eigenvalue weighted by molar-refractivity contribution is 5.87. The topological polar surface area (TPSA) is 66.4 Å². The summed E-state index contributed by atoms with van der Waals surface area (Å²) >= 11 is 0.